The Balaban J connectivity index is 1.72. The standard InChI is InChI=1S/C24H20FN3OS/c25-21-12-6-5-11-20(21)22-17-30-24(26-15-14-18-8-2-1-3-9-18)28(22)27-16-19-10-4-7-13-23(19)29/h1-13,16-17,29H,14-15H2. The Kier molecular flexibility index (Phi) is 6.15. The zero-order chi connectivity index (χ0) is 20.8. The molecule has 4 rings (SSSR count). The van der Waals surface area contributed by atoms with E-state index in [4.69, 9.17) is 4.99 Å². The zero-order valence-electron chi connectivity index (χ0n) is 16.1. The van der Waals surface area contributed by atoms with Gasteiger partial charge >= 0.3 is 0 Å². The first-order valence-corrected chi connectivity index (χ1v) is 10.4. The summed E-state index contributed by atoms with van der Waals surface area (Å²) < 4.78 is 16.1. The van der Waals surface area contributed by atoms with Crippen molar-refractivity contribution in [2.45, 2.75) is 6.42 Å². The maximum absolute atomic E-state index is 14.4. The van der Waals surface area contributed by atoms with Crippen LogP contribution in [0, 0.1) is 5.82 Å². The molecule has 1 N–H and O–H groups in total. The van der Waals surface area contributed by atoms with Crippen molar-refractivity contribution >= 4 is 17.6 Å². The molecule has 4 nitrogen and oxygen atoms in total. The first-order valence-electron chi connectivity index (χ1n) is 9.54. The maximum Gasteiger partial charge on any atom is 0.206 e. The Labute approximate surface area is 177 Å². The molecule has 0 unspecified atom stereocenters. The van der Waals surface area contributed by atoms with Gasteiger partial charge < -0.3 is 5.11 Å². The number of para-hydroxylation sites is 1. The molecule has 0 aliphatic heterocycles. The third-order valence-electron chi connectivity index (χ3n) is 4.57. The van der Waals surface area contributed by atoms with Gasteiger partial charge in [-0.15, -0.1) is 11.3 Å². The van der Waals surface area contributed by atoms with Gasteiger partial charge in [0.2, 0.25) is 4.80 Å². The third-order valence-corrected chi connectivity index (χ3v) is 5.43. The van der Waals surface area contributed by atoms with E-state index in [0.717, 1.165) is 6.42 Å². The van der Waals surface area contributed by atoms with Crippen LogP contribution in [0.5, 0.6) is 5.75 Å². The molecule has 0 saturated heterocycles. The van der Waals surface area contributed by atoms with Crippen LogP contribution in [0.25, 0.3) is 11.3 Å². The van der Waals surface area contributed by atoms with Crippen LogP contribution in [0.2, 0.25) is 0 Å². The van der Waals surface area contributed by atoms with Gasteiger partial charge in [0, 0.05) is 23.1 Å². The SMILES string of the molecule is Oc1ccccc1C=Nn1c(-c2ccccc2F)csc1=NCCc1ccccc1. The van der Waals surface area contributed by atoms with E-state index in [9.17, 15) is 9.50 Å². The topological polar surface area (TPSA) is 49.9 Å². The number of hydrogen-bond acceptors (Lipinski definition) is 4. The van der Waals surface area contributed by atoms with Gasteiger partial charge in [-0.3, -0.25) is 4.99 Å². The highest BCUT2D eigenvalue weighted by atomic mass is 32.1. The zero-order valence-corrected chi connectivity index (χ0v) is 17.0. The predicted molar refractivity (Wildman–Crippen MR) is 119 cm³/mol. The Bertz CT molecular complexity index is 1230. The highest BCUT2D eigenvalue weighted by Gasteiger charge is 2.11. The van der Waals surface area contributed by atoms with E-state index >= 15 is 0 Å². The average Bonchev–Trinajstić information content (AvgIpc) is 3.17. The number of thiazole rings is 1. The van der Waals surface area contributed by atoms with Crippen LogP contribution < -0.4 is 4.80 Å². The quantitative estimate of drug-likeness (QED) is 0.437. The number of hydrogen-bond donors (Lipinski definition) is 1. The van der Waals surface area contributed by atoms with Crippen LogP contribution >= 0.6 is 11.3 Å². The van der Waals surface area contributed by atoms with Crippen molar-refractivity contribution in [1.82, 2.24) is 4.68 Å². The number of rotatable bonds is 6. The number of halogens is 1. The van der Waals surface area contributed by atoms with E-state index in [1.165, 1.54) is 23.0 Å². The van der Waals surface area contributed by atoms with Crippen LogP contribution in [-0.4, -0.2) is 22.5 Å². The molecule has 0 aliphatic rings. The molecule has 30 heavy (non-hydrogen) atoms. The molecule has 0 bridgehead atoms. The fourth-order valence-corrected chi connectivity index (χ4v) is 3.87. The number of phenolic OH excluding ortho intramolecular Hbond substituents is 1. The summed E-state index contributed by atoms with van der Waals surface area (Å²) in [6.45, 7) is 0.591. The van der Waals surface area contributed by atoms with Gasteiger partial charge in [0.25, 0.3) is 0 Å². The maximum atomic E-state index is 14.4. The summed E-state index contributed by atoms with van der Waals surface area (Å²) in [5, 5.41) is 16.4. The van der Waals surface area contributed by atoms with Gasteiger partial charge in [-0.2, -0.15) is 5.10 Å². The lowest BCUT2D eigenvalue weighted by Gasteiger charge is -2.05. The number of nitrogens with zero attached hydrogens (tertiary/aromatic N) is 3. The van der Waals surface area contributed by atoms with Gasteiger partial charge in [0.1, 0.15) is 11.6 Å². The molecule has 0 radical (unpaired) electrons. The van der Waals surface area contributed by atoms with Crippen molar-refractivity contribution in [1.29, 1.82) is 0 Å². The summed E-state index contributed by atoms with van der Waals surface area (Å²) in [4.78, 5) is 5.36. The molecule has 150 valence electrons. The number of aromatic nitrogens is 1. The molecule has 0 atom stereocenters. The third kappa shape index (κ3) is 4.55. The second kappa shape index (κ2) is 9.33. The molecule has 0 spiro atoms. The minimum Gasteiger partial charge on any atom is -0.507 e. The summed E-state index contributed by atoms with van der Waals surface area (Å²) in [7, 11) is 0. The van der Waals surface area contributed by atoms with Crippen LogP contribution in [0.1, 0.15) is 11.1 Å². The predicted octanol–water partition coefficient (Wildman–Crippen LogP) is 5.09. The monoisotopic (exact) mass is 417 g/mol. The summed E-state index contributed by atoms with van der Waals surface area (Å²) in [6, 6.07) is 23.7. The van der Waals surface area contributed by atoms with E-state index in [1.807, 2.05) is 29.6 Å². The molecule has 1 heterocycles. The van der Waals surface area contributed by atoms with Crippen molar-refractivity contribution < 1.29 is 9.50 Å². The Morgan fingerprint density at radius 3 is 2.47 bits per heavy atom. The lowest BCUT2D eigenvalue weighted by atomic mass is 10.1. The van der Waals surface area contributed by atoms with Crippen LogP contribution in [0.15, 0.2) is 94.3 Å². The molecule has 3 aromatic carbocycles. The van der Waals surface area contributed by atoms with E-state index in [2.05, 4.69) is 17.2 Å². The second-order valence-electron chi connectivity index (χ2n) is 6.62. The fourth-order valence-electron chi connectivity index (χ4n) is 3.02. The summed E-state index contributed by atoms with van der Waals surface area (Å²) in [6.07, 6.45) is 2.36. The Hall–Kier alpha value is -3.51. The van der Waals surface area contributed by atoms with Crippen LogP contribution in [0.3, 0.4) is 0 Å². The fraction of sp³-hybridized carbons (Fsp3) is 0.0833. The largest absolute Gasteiger partial charge is 0.507 e. The molecule has 0 fully saturated rings. The first kappa shape index (κ1) is 19.8. The van der Waals surface area contributed by atoms with Crippen LogP contribution in [0.4, 0.5) is 4.39 Å². The molecule has 4 aromatic rings. The minimum absolute atomic E-state index is 0.132. The van der Waals surface area contributed by atoms with Gasteiger partial charge in [-0.25, -0.2) is 9.07 Å². The Morgan fingerprint density at radius 2 is 1.67 bits per heavy atom. The van der Waals surface area contributed by atoms with Crippen molar-refractivity contribution in [3.63, 3.8) is 0 Å². The van der Waals surface area contributed by atoms with E-state index in [0.29, 0.717) is 28.2 Å². The van der Waals surface area contributed by atoms with Gasteiger partial charge in [-0.1, -0.05) is 54.6 Å². The van der Waals surface area contributed by atoms with Crippen molar-refractivity contribution in [3.8, 4) is 17.0 Å². The lowest BCUT2D eigenvalue weighted by molar-refractivity contribution is 0.474. The lowest BCUT2D eigenvalue weighted by Crippen LogP contribution is -2.13. The Morgan fingerprint density at radius 1 is 0.933 bits per heavy atom. The summed E-state index contributed by atoms with van der Waals surface area (Å²) in [5.41, 5.74) is 2.85. The molecule has 0 amide bonds. The molecule has 6 heteroatoms. The highest BCUT2D eigenvalue weighted by molar-refractivity contribution is 7.07. The van der Waals surface area contributed by atoms with Crippen molar-refractivity contribution in [2.24, 2.45) is 10.1 Å². The second-order valence-corrected chi connectivity index (χ2v) is 7.45. The number of benzene rings is 3. The smallest absolute Gasteiger partial charge is 0.206 e. The number of aromatic hydroxyl groups is 1. The normalized spacial score (nSPS) is 12.0. The molecule has 1 aromatic heterocycles. The average molecular weight is 418 g/mol. The van der Waals surface area contributed by atoms with E-state index < -0.39 is 0 Å². The summed E-state index contributed by atoms with van der Waals surface area (Å²) >= 11 is 1.41. The molecule has 0 saturated carbocycles. The molecular formula is C24H20FN3OS. The minimum atomic E-state index is -0.322. The first-order chi connectivity index (χ1) is 14.7. The van der Waals surface area contributed by atoms with Gasteiger partial charge in [0.15, 0.2) is 0 Å². The molecular weight excluding hydrogens is 397 g/mol. The summed E-state index contributed by atoms with van der Waals surface area (Å²) in [5.74, 6) is -0.190. The molecule has 0 aliphatic carbocycles. The number of phenols is 1. The van der Waals surface area contributed by atoms with Crippen molar-refractivity contribution in [2.75, 3.05) is 6.54 Å². The van der Waals surface area contributed by atoms with E-state index in [1.54, 1.807) is 47.3 Å². The van der Waals surface area contributed by atoms with Gasteiger partial charge in [0.05, 0.1) is 11.9 Å². The van der Waals surface area contributed by atoms with Gasteiger partial charge in [-0.05, 0) is 36.2 Å². The highest BCUT2D eigenvalue weighted by Crippen LogP contribution is 2.23. The van der Waals surface area contributed by atoms with E-state index in [-0.39, 0.29) is 11.6 Å². The van der Waals surface area contributed by atoms with Crippen molar-refractivity contribution in [3.05, 3.63) is 106 Å². The van der Waals surface area contributed by atoms with Crippen LogP contribution in [-0.2, 0) is 6.42 Å².